The molecular weight excluding hydrogens is 226 g/mol. The molecule has 2 aromatic rings. The van der Waals surface area contributed by atoms with Crippen LogP contribution in [-0.4, -0.2) is 42.6 Å². The predicted octanol–water partition coefficient (Wildman–Crippen LogP) is 2.36. The summed E-state index contributed by atoms with van der Waals surface area (Å²) in [5.74, 6) is 0. The van der Waals surface area contributed by atoms with E-state index in [-0.39, 0.29) is 0 Å². The number of benzene rings is 1. The molecule has 0 unspecified atom stereocenters. The highest BCUT2D eigenvalue weighted by Crippen LogP contribution is 2.22. The van der Waals surface area contributed by atoms with Crippen molar-refractivity contribution in [2.45, 2.75) is 13.3 Å². The van der Waals surface area contributed by atoms with Gasteiger partial charge < -0.3 is 9.32 Å². The number of anilines is 1. The fourth-order valence-electron chi connectivity index (χ4n) is 2.47. The zero-order valence-corrected chi connectivity index (χ0v) is 10.8. The Balaban J connectivity index is 1.72. The summed E-state index contributed by atoms with van der Waals surface area (Å²) in [5.41, 5.74) is 1.83. The number of fused-ring (bicyclic) bond motifs is 1. The van der Waals surface area contributed by atoms with E-state index in [9.17, 15) is 0 Å². The third kappa shape index (κ3) is 2.20. The van der Waals surface area contributed by atoms with Crippen LogP contribution < -0.4 is 4.90 Å². The summed E-state index contributed by atoms with van der Waals surface area (Å²) in [7, 11) is 0. The van der Waals surface area contributed by atoms with Crippen molar-refractivity contribution in [2.24, 2.45) is 0 Å². The number of para-hydroxylation sites is 2. The average molecular weight is 245 g/mol. The van der Waals surface area contributed by atoms with Gasteiger partial charge in [0.15, 0.2) is 5.58 Å². The number of oxazole rings is 1. The Labute approximate surface area is 107 Å². The normalized spacial score (nSPS) is 17.5. The minimum absolute atomic E-state index is 0.771. The second-order valence-electron chi connectivity index (χ2n) is 4.79. The second kappa shape index (κ2) is 4.98. The van der Waals surface area contributed by atoms with E-state index in [1.54, 1.807) is 0 Å². The van der Waals surface area contributed by atoms with Crippen LogP contribution in [0.3, 0.4) is 0 Å². The molecule has 1 aromatic heterocycles. The molecule has 18 heavy (non-hydrogen) atoms. The molecule has 0 atom stereocenters. The number of hydrogen-bond donors (Lipinski definition) is 0. The predicted molar refractivity (Wildman–Crippen MR) is 73.0 cm³/mol. The number of nitrogens with zero attached hydrogens (tertiary/aromatic N) is 3. The number of rotatable bonds is 3. The average Bonchev–Trinajstić information content (AvgIpc) is 2.84. The van der Waals surface area contributed by atoms with Gasteiger partial charge in [0.05, 0.1) is 0 Å². The monoisotopic (exact) mass is 245 g/mol. The van der Waals surface area contributed by atoms with Gasteiger partial charge in [-0.2, -0.15) is 4.98 Å². The summed E-state index contributed by atoms with van der Waals surface area (Å²) in [5, 5.41) is 0. The highest BCUT2D eigenvalue weighted by atomic mass is 16.4. The Morgan fingerprint density at radius 3 is 2.67 bits per heavy atom. The molecule has 0 spiro atoms. The minimum atomic E-state index is 0.771. The van der Waals surface area contributed by atoms with Crippen molar-refractivity contribution in [1.29, 1.82) is 0 Å². The van der Waals surface area contributed by atoms with E-state index in [1.165, 1.54) is 13.0 Å². The topological polar surface area (TPSA) is 32.5 Å². The van der Waals surface area contributed by atoms with Crippen LogP contribution in [0.2, 0.25) is 0 Å². The maximum Gasteiger partial charge on any atom is 0.298 e. The molecule has 0 bridgehead atoms. The second-order valence-corrected chi connectivity index (χ2v) is 4.79. The molecule has 1 aliphatic rings. The Morgan fingerprint density at radius 1 is 1.17 bits per heavy atom. The van der Waals surface area contributed by atoms with Crippen LogP contribution in [0.15, 0.2) is 28.7 Å². The van der Waals surface area contributed by atoms with Crippen LogP contribution in [0, 0.1) is 0 Å². The van der Waals surface area contributed by atoms with Crippen LogP contribution in [0.4, 0.5) is 6.01 Å². The first-order chi connectivity index (χ1) is 8.86. The molecule has 1 fully saturated rings. The van der Waals surface area contributed by atoms with Crippen LogP contribution in [0.1, 0.15) is 13.3 Å². The lowest BCUT2D eigenvalue weighted by atomic mass is 10.3. The number of aromatic nitrogens is 1. The molecule has 4 heteroatoms. The summed E-state index contributed by atoms with van der Waals surface area (Å²) in [4.78, 5) is 9.29. The van der Waals surface area contributed by atoms with E-state index >= 15 is 0 Å². The smallest absolute Gasteiger partial charge is 0.298 e. The zero-order chi connectivity index (χ0) is 12.4. The van der Waals surface area contributed by atoms with Gasteiger partial charge in [0, 0.05) is 26.2 Å². The van der Waals surface area contributed by atoms with E-state index in [1.807, 2.05) is 24.3 Å². The van der Waals surface area contributed by atoms with Gasteiger partial charge in [-0.05, 0) is 25.1 Å². The van der Waals surface area contributed by atoms with Crippen LogP contribution in [-0.2, 0) is 0 Å². The molecule has 2 heterocycles. The van der Waals surface area contributed by atoms with Gasteiger partial charge in [-0.25, -0.2) is 0 Å². The quantitative estimate of drug-likeness (QED) is 0.831. The van der Waals surface area contributed by atoms with Gasteiger partial charge in [-0.3, -0.25) is 4.90 Å². The Hall–Kier alpha value is -1.55. The molecular formula is C14H19N3O. The first-order valence-electron chi connectivity index (χ1n) is 6.69. The summed E-state index contributed by atoms with van der Waals surface area (Å²) in [6, 6.07) is 8.71. The zero-order valence-electron chi connectivity index (χ0n) is 10.8. The lowest BCUT2D eigenvalue weighted by Crippen LogP contribution is -2.46. The van der Waals surface area contributed by atoms with Gasteiger partial charge >= 0.3 is 0 Å². The number of hydrogen-bond acceptors (Lipinski definition) is 4. The molecule has 0 N–H and O–H groups in total. The van der Waals surface area contributed by atoms with Gasteiger partial charge in [0.2, 0.25) is 0 Å². The van der Waals surface area contributed by atoms with Crippen molar-refractivity contribution in [2.75, 3.05) is 37.6 Å². The standard InChI is InChI=1S/C14H19N3O/c1-2-7-16-8-10-17(11-9-16)14-15-12-5-3-4-6-13(12)18-14/h3-6H,2,7-11H2,1H3. The molecule has 0 amide bonds. The van der Waals surface area contributed by atoms with Crippen molar-refractivity contribution in [3.8, 4) is 0 Å². The molecule has 3 rings (SSSR count). The van der Waals surface area contributed by atoms with E-state index in [4.69, 9.17) is 4.42 Å². The summed E-state index contributed by atoms with van der Waals surface area (Å²) >= 11 is 0. The molecule has 96 valence electrons. The summed E-state index contributed by atoms with van der Waals surface area (Å²) < 4.78 is 5.80. The maximum absolute atomic E-state index is 5.80. The van der Waals surface area contributed by atoms with E-state index < -0.39 is 0 Å². The molecule has 1 aromatic carbocycles. The van der Waals surface area contributed by atoms with Crippen molar-refractivity contribution >= 4 is 17.1 Å². The van der Waals surface area contributed by atoms with Gasteiger partial charge in [0.1, 0.15) is 5.52 Å². The van der Waals surface area contributed by atoms with Gasteiger partial charge in [0.25, 0.3) is 6.01 Å². The summed E-state index contributed by atoms with van der Waals surface area (Å²) in [6.07, 6.45) is 1.23. The van der Waals surface area contributed by atoms with E-state index in [0.29, 0.717) is 0 Å². The third-order valence-electron chi connectivity index (χ3n) is 3.47. The first-order valence-corrected chi connectivity index (χ1v) is 6.69. The highest BCUT2D eigenvalue weighted by molar-refractivity contribution is 5.74. The largest absolute Gasteiger partial charge is 0.423 e. The minimum Gasteiger partial charge on any atom is -0.423 e. The maximum atomic E-state index is 5.80. The van der Waals surface area contributed by atoms with Crippen molar-refractivity contribution in [3.63, 3.8) is 0 Å². The van der Waals surface area contributed by atoms with E-state index in [2.05, 4.69) is 21.7 Å². The highest BCUT2D eigenvalue weighted by Gasteiger charge is 2.20. The lowest BCUT2D eigenvalue weighted by Gasteiger charge is -2.33. The van der Waals surface area contributed by atoms with E-state index in [0.717, 1.165) is 43.3 Å². The van der Waals surface area contributed by atoms with Crippen molar-refractivity contribution in [1.82, 2.24) is 9.88 Å². The summed E-state index contributed by atoms with van der Waals surface area (Å²) in [6.45, 7) is 7.65. The van der Waals surface area contributed by atoms with Crippen molar-refractivity contribution < 1.29 is 4.42 Å². The van der Waals surface area contributed by atoms with Gasteiger partial charge in [-0.15, -0.1) is 0 Å². The van der Waals surface area contributed by atoms with Crippen LogP contribution in [0.25, 0.3) is 11.1 Å². The fraction of sp³-hybridized carbons (Fsp3) is 0.500. The fourth-order valence-corrected chi connectivity index (χ4v) is 2.47. The van der Waals surface area contributed by atoms with Gasteiger partial charge in [-0.1, -0.05) is 19.1 Å². The SMILES string of the molecule is CCCN1CCN(c2nc3ccccc3o2)CC1. The first kappa shape index (κ1) is 11.5. The Bertz CT molecular complexity index is 481. The molecule has 0 radical (unpaired) electrons. The molecule has 0 aliphatic carbocycles. The lowest BCUT2D eigenvalue weighted by molar-refractivity contribution is 0.254. The third-order valence-corrected chi connectivity index (χ3v) is 3.47. The number of piperazine rings is 1. The molecule has 1 saturated heterocycles. The molecule has 1 aliphatic heterocycles. The molecule has 0 saturated carbocycles. The van der Waals surface area contributed by atoms with Crippen LogP contribution in [0.5, 0.6) is 0 Å². The Kier molecular flexibility index (Phi) is 3.19. The van der Waals surface area contributed by atoms with Crippen LogP contribution >= 0.6 is 0 Å². The Morgan fingerprint density at radius 2 is 1.94 bits per heavy atom. The van der Waals surface area contributed by atoms with Crippen molar-refractivity contribution in [3.05, 3.63) is 24.3 Å². The molecule has 4 nitrogen and oxygen atoms in total.